The van der Waals surface area contributed by atoms with Crippen molar-refractivity contribution < 1.29 is 13.9 Å². The van der Waals surface area contributed by atoms with Crippen LogP contribution in [0.15, 0.2) is 46.5 Å². The molecule has 0 amide bonds. The summed E-state index contributed by atoms with van der Waals surface area (Å²) in [5.74, 6) is 0.202. The second kappa shape index (κ2) is 6.17. The average Bonchev–Trinajstić information content (AvgIpc) is 3.19. The lowest BCUT2D eigenvalue weighted by molar-refractivity contribution is -0.143. The van der Waals surface area contributed by atoms with E-state index >= 15 is 0 Å². The number of benzene rings is 1. The molecule has 0 spiro atoms. The third-order valence-electron chi connectivity index (χ3n) is 4.18. The summed E-state index contributed by atoms with van der Waals surface area (Å²) < 4.78 is 12.5. The van der Waals surface area contributed by atoms with Gasteiger partial charge in [-0.1, -0.05) is 11.6 Å². The maximum atomic E-state index is 12.8. The molecule has 1 N–H and O–H groups in total. The van der Waals surface area contributed by atoms with Crippen LogP contribution in [0.4, 0.5) is 5.95 Å². The number of esters is 1. The minimum Gasteiger partial charge on any atom is -0.459 e. The Hall–Kier alpha value is -2.80. The maximum absolute atomic E-state index is 12.8. The number of nitrogens with zero attached hydrogens (tertiary/aromatic N) is 3. The highest BCUT2D eigenvalue weighted by molar-refractivity contribution is 6.31. The van der Waals surface area contributed by atoms with Crippen LogP contribution in [0.5, 0.6) is 0 Å². The standard InChI is InChI=1S/C18H17ClN4O3/c1-9(2)26-17(24)15-10(3)21-18-22-12-6-11(19)4-5-14(12)23(18)16(15)13-7-25-8-20-13/h4-9,16H,1-3H3,(H,21,22). The van der Waals surface area contributed by atoms with Gasteiger partial charge in [0.1, 0.15) is 18.0 Å². The molecule has 0 aliphatic carbocycles. The molecule has 0 saturated carbocycles. The van der Waals surface area contributed by atoms with Crippen molar-refractivity contribution in [1.82, 2.24) is 14.5 Å². The van der Waals surface area contributed by atoms with Crippen LogP contribution in [0.2, 0.25) is 5.02 Å². The molecule has 134 valence electrons. The molecule has 8 heteroatoms. The van der Waals surface area contributed by atoms with Gasteiger partial charge in [0.15, 0.2) is 6.39 Å². The first-order valence-electron chi connectivity index (χ1n) is 8.20. The molecule has 4 rings (SSSR count). The van der Waals surface area contributed by atoms with Gasteiger partial charge in [-0.3, -0.25) is 4.57 Å². The van der Waals surface area contributed by atoms with E-state index in [9.17, 15) is 4.79 Å². The molecule has 1 unspecified atom stereocenters. The molecule has 1 aromatic carbocycles. The van der Waals surface area contributed by atoms with Crippen LogP contribution in [0.3, 0.4) is 0 Å². The van der Waals surface area contributed by atoms with Gasteiger partial charge >= 0.3 is 5.97 Å². The summed E-state index contributed by atoms with van der Waals surface area (Å²) in [5, 5.41) is 3.79. The fraction of sp³-hybridized carbons (Fsp3) is 0.278. The summed E-state index contributed by atoms with van der Waals surface area (Å²) >= 11 is 6.10. The number of carbonyl (C=O) groups excluding carboxylic acids is 1. The van der Waals surface area contributed by atoms with Crippen molar-refractivity contribution in [2.45, 2.75) is 32.9 Å². The van der Waals surface area contributed by atoms with Gasteiger partial charge in [-0.15, -0.1) is 0 Å². The van der Waals surface area contributed by atoms with Gasteiger partial charge < -0.3 is 14.5 Å². The molecule has 2 aromatic heterocycles. The monoisotopic (exact) mass is 372 g/mol. The number of fused-ring (bicyclic) bond motifs is 3. The van der Waals surface area contributed by atoms with Crippen molar-refractivity contribution in [3.8, 4) is 0 Å². The predicted octanol–water partition coefficient (Wildman–Crippen LogP) is 3.92. The Kier molecular flexibility index (Phi) is 3.96. The van der Waals surface area contributed by atoms with Crippen LogP contribution in [-0.4, -0.2) is 26.6 Å². The SMILES string of the molecule is CC1=C(C(=O)OC(C)C)C(c2cocn2)n2c(nc3cc(Cl)ccc32)N1. The Morgan fingerprint density at radius 3 is 2.92 bits per heavy atom. The molecule has 1 atom stereocenters. The van der Waals surface area contributed by atoms with Gasteiger partial charge in [0.25, 0.3) is 0 Å². The number of ether oxygens (including phenoxy) is 1. The molecule has 26 heavy (non-hydrogen) atoms. The number of hydrogen-bond acceptors (Lipinski definition) is 6. The number of aromatic nitrogens is 3. The predicted molar refractivity (Wildman–Crippen MR) is 96.9 cm³/mol. The van der Waals surface area contributed by atoms with E-state index in [1.807, 2.05) is 31.4 Å². The highest BCUT2D eigenvalue weighted by Crippen LogP contribution is 2.39. The second-order valence-electron chi connectivity index (χ2n) is 6.37. The quantitative estimate of drug-likeness (QED) is 0.702. The van der Waals surface area contributed by atoms with Gasteiger partial charge in [0, 0.05) is 10.7 Å². The van der Waals surface area contributed by atoms with Crippen molar-refractivity contribution in [3.05, 3.63) is 52.8 Å². The molecule has 0 bridgehead atoms. The molecular weight excluding hydrogens is 356 g/mol. The zero-order chi connectivity index (χ0) is 18.4. The number of nitrogens with one attached hydrogen (secondary N) is 1. The zero-order valence-electron chi connectivity index (χ0n) is 14.5. The molecule has 1 aliphatic heterocycles. The van der Waals surface area contributed by atoms with Gasteiger partial charge in [0.2, 0.25) is 5.95 Å². The average molecular weight is 373 g/mol. The van der Waals surface area contributed by atoms with Gasteiger partial charge in [-0.05, 0) is 39.0 Å². The summed E-state index contributed by atoms with van der Waals surface area (Å²) in [4.78, 5) is 21.7. The lowest BCUT2D eigenvalue weighted by Crippen LogP contribution is -2.30. The van der Waals surface area contributed by atoms with Crippen molar-refractivity contribution >= 4 is 34.6 Å². The lowest BCUT2D eigenvalue weighted by atomic mass is 10.00. The minimum atomic E-state index is -0.512. The van der Waals surface area contributed by atoms with E-state index < -0.39 is 12.0 Å². The second-order valence-corrected chi connectivity index (χ2v) is 6.81. The zero-order valence-corrected chi connectivity index (χ0v) is 15.2. The first-order chi connectivity index (χ1) is 12.5. The van der Waals surface area contributed by atoms with Crippen LogP contribution in [0.25, 0.3) is 11.0 Å². The molecule has 1 aliphatic rings. The molecule has 0 radical (unpaired) electrons. The fourth-order valence-corrected chi connectivity index (χ4v) is 3.34. The van der Waals surface area contributed by atoms with Gasteiger partial charge in [-0.25, -0.2) is 14.8 Å². The van der Waals surface area contributed by atoms with E-state index in [4.69, 9.17) is 20.8 Å². The van der Waals surface area contributed by atoms with Crippen molar-refractivity contribution in [2.75, 3.05) is 5.32 Å². The Labute approximate surface area is 154 Å². The summed E-state index contributed by atoms with van der Waals surface area (Å²) in [6.07, 6.45) is 2.63. The third kappa shape index (κ3) is 2.64. The number of carbonyl (C=O) groups is 1. The Bertz CT molecular complexity index is 1020. The number of rotatable bonds is 3. The number of oxazole rings is 1. The van der Waals surface area contributed by atoms with Gasteiger partial charge in [-0.2, -0.15) is 0 Å². The van der Waals surface area contributed by atoms with E-state index in [0.717, 1.165) is 11.0 Å². The first-order valence-corrected chi connectivity index (χ1v) is 8.58. The smallest absolute Gasteiger partial charge is 0.338 e. The fourth-order valence-electron chi connectivity index (χ4n) is 3.17. The van der Waals surface area contributed by atoms with Gasteiger partial charge in [0.05, 0.1) is 22.7 Å². The van der Waals surface area contributed by atoms with Crippen molar-refractivity contribution in [3.63, 3.8) is 0 Å². The number of imidazole rings is 1. The molecule has 0 saturated heterocycles. The first kappa shape index (κ1) is 16.7. The van der Waals surface area contributed by atoms with Crippen LogP contribution in [0.1, 0.15) is 32.5 Å². The van der Waals surface area contributed by atoms with Crippen LogP contribution in [0, 0.1) is 0 Å². The van der Waals surface area contributed by atoms with Crippen LogP contribution in [-0.2, 0) is 9.53 Å². The molecule has 3 aromatic rings. The number of anilines is 1. The van der Waals surface area contributed by atoms with E-state index in [2.05, 4.69) is 15.3 Å². The van der Waals surface area contributed by atoms with Crippen LogP contribution < -0.4 is 5.32 Å². The molecule has 0 fully saturated rings. The Morgan fingerprint density at radius 1 is 1.42 bits per heavy atom. The lowest BCUT2D eigenvalue weighted by Gasteiger charge is -2.28. The summed E-state index contributed by atoms with van der Waals surface area (Å²) in [7, 11) is 0. The highest BCUT2D eigenvalue weighted by atomic mass is 35.5. The molecule has 7 nitrogen and oxygen atoms in total. The Morgan fingerprint density at radius 2 is 2.23 bits per heavy atom. The highest BCUT2D eigenvalue weighted by Gasteiger charge is 2.36. The summed E-state index contributed by atoms with van der Waals surface area (Å²) in [5.41, 5.74) is 3.27. The third-order valence-corrected chi connectivity index (χ3v) is 4.42. The number of hydrogen-bond donors (Lipinski definition) is 1. The minimum absolute atomic E-state index is 0.236. The van der Waals surface area contributed by atoms with E-state index in [1.54, 1.807) is 12.1 Å². The summed E-state index contributed by atoms with van der Waals surface area (Å²) in [6, 6.07) is 4.93. The number of halogens is 1. The Balaban J connectivity index is 1.94. The van der Waals surface area contributed by atoms with E-state index in [1.165, 1.54) is 12.7 Å². The van der Waals surface area contributed by atoms with E-state index in [-0.39, 0.29) is 6.10 Å². The normalized spacial score (nSPS) is 16.7. The summed E-state index contributed by atoms with van der Waals surface area (Å²) in [6.45, 7) is 5.45. The maximum Gasteiger partial charge on any atom is 0.338 e. The number of allylic oxidation sites excluding steroid dienone is 1. The van der Waals surface area contributed by atoms with Crippen molar-refractivity contribution in [1.29, 1.82) is 0 Å². The van der Waals surface area contributed by atoms with E-state index in [0.29, 0.717) is 27.9 Å². The van der Waals surface area contributed by atoms with Crippen LogP contribution >= 0.6 is 11.6 Å². The van der Waals surface area contributed by atoms with Crippen molar-refractivity contribution in [2.24, 2.45) is 0 Å². The molecule has 3 heterocycles. The molecular formula is C18H17ClN4O3. The topological polar surface area (TPSA) is 82.2 Å². The largest absolute Gasteiger partial charge is 0.459 e.